The van der Waals surface area contributed by atoms with Crippen LogP contribution in [0.1, 0.15) is 37.6 Å². The van der Waals surface area contributed by atoms with E-state index in [1.54, 1.807) is 26.5 Å². The van der Waals surface area contributed by atoms with E-state index in [2.05, 4.69) is 15.2 Å². The van der Waals surface area contributed by atoms with Gasteiger partial charge in [-0.3, -0.25) is 0 Å². The van der Waals surface area contributed by atoms with Crippen LogP contribution in [-0.2, 0) is 24.4 Å². The molecule has 0 saturated carbocycles. The third kappa shape index (κ3) is 7.65. The van der Waals surface area contributed by atoms with Crippen molar-refractivity contribution in [2.24, 2.45) is 0 Å². The van der Waals surface area contributed by atoms with Gasteiger partial charge in [-0.25, -0.2) is 14.8 Å². The van der Waals surface area contributed by atoms with Crippen LogP contribution in [0.25, 0.3) is 0 Å². The lowest BCUT2D eigenvalue weighted by atomic mass is 10.1. The highest BCUT2D eigenvalue weighted by atomic mass is 16.6. The van der Waals surface area contributed by atoms with Gasteiger partial charge in [0.15, 0.2) is 0 Å². The molecule has 0 unspecified atom stereocenters. The molecule has 0 saturated heterocycles. The summed E-state index contributed by atoms with van der Waals surface area (Å²) in [5.41, 5.74) is 2.31. The molecule has 3 aromatic rings. The van der Waals surface area contributed by atoms with Crippen LogP contribution in [0, 0.1) is 0 Å². The normalized spacial score (nSPS) is 11.0. The summed E-state index contributed by atoms with van der Waals surface area (Å²) >= 11 is 0. The lowest BCUT2D eigenvalue weighted by molar-refractivity contribution is 0.0523. The number of aromatic nitrogens is 2. The number of hydrogen-bond acceptors (Lipinski definition) is 7. The molecule has 1 aromatic heterocycles. The zero-order valence-electron chi connectivity index (χ0n) is 20.4. The van der Waals surface area contributed by atoms with E-state index in [1.807, 2.05) is 69.3 Å². The molecule has 8 heteroatoms. The van der Waals surface area contributed by atoms with Crippen molar-refractivity contribution >= 4 is 12.0 Å². The Kier molecular flexibility index (Phi) is 8.29. The molecule has 0 fully saturated rings. The molecule has 8 nitrogen and oxygen atoms in total. The van der Waals surface area contributed by atoms with Crippen molar-refractivity contribution in [3.63, 3.8) is 0 Å². The molecule has 34 heavy (non-hydrogen) atoms. The number of ether oxygens (including phenoxy) is 3. The minimum Gasteiger partial charge on any atom is -0.497 e. The van der Waals surface area contributed by atoms with Crippen LogP contribution >= 0.6 is 0 Å². The molecular formula is C26H32N4O4. The number of hydrogen-bond donors (Lipinski definition) is 1. The van der Waals surface area contributed by atoms with Crippen LogP contribution < -0.4 is 19.7 Å². The first kappa shape index (κ1) is 24.8. The molecule has 2 aromatic carbocycles. The monoisotopic (exact) mass is 464 g/mol. The van der Waals surface area contributed by atoms with Crippen molar-refractivity contribution in [1.82, 2.24) is 15.3 Å². The predicted octanol–water partition coefficient (Wildman–Crippen LogP) is 4.73. The second-order valence-corrected chi connectivity index (χ2v) is 8.76. The first-order valence-corrected chi connectivity index (χ1v) is 11.1. The maximum Gasteiger partial charge on any atom is 0.407 e. The Morgan fingerprint density at radius 3 is 1.88 bits per heavy atom. The van der Waals surface area contributed by atoms with Crippen LogP contribution in [0.5, 0.6) is 11.5 Å². The fraction of sp³-hybridized carbons (Fsp3) is 0.346. The van der Waals surface area contributed by atoms with Crippen molar-refractivity contribution < 1.29 is 19.0 Å². The highest BCUT2D eigenvalue weighted by Gasteiger charge is 2.17. The summed E-state index contributed by atoms with van der Waals surface area (Å²) in [6.45, 7) is 6.91. The van der Waals surface area contributed by atoms with Crippen molar-refractivity contribution in [2.75, 3.05) is 19.1 Å². The van der Waals surface area contributed by atoms with E-state index in [0.29, 0.717) is 24.7 Å². The van der Waals surface area contributed by atoms with Crippen LogP contribution in [-0.4, -0.2) is 35.9 Å². The molecule has 0 bridgehead atoms. The average molecular weight is 465 g/mol. The molecule has 1 heterocycles. The first-order chi connectivity index (χ1) is 16.3. The lowest BCUT2D eigenvalue weighted by Gasteiger charge is -2.24. The Hall–Kier alpha value is -3.81. The summed E-state index contributed by atoms with van der Waals surface area (Å²) in [4.78, 5) is 23.3. The maximum atomic E-state index is 12.0. The van der Waals surface area contributed by atoms with Gasteiger partial charge in [0.25, 0.3) is 0 Å². The van der Waals surface area contributed by atoms with E-state index in [9.17, 15) is 4.79 Å². The number of nitrogens with one attached hydrogen (secondary N) is 1. The lowest BCUT2D eigenvalue weighted by Crippen LogP contribution is -2.32. The highest BCUT2D eigenvalue weighted by Crippen LogP contribution is 2.20. The molecule has 0 aliphatic heterocycles. The molecule has 3 rings (SSSR count). The summed E-state index contributed by atoms with van der Waals surface area (Å²) in [5.74, 6) is 2.17. The van der Waals surface area contributed by atoms with Gasteiger partial charge in [-0.2, -0.15) is 0 Å². The van der Waals surface area contributed by atoms with Crippen LogP contribution in [0.2, 0.25) is 0 Å². The molecule has 0 aliphatic carbocycles. The summed E-state index contributed by atoms with van der Waals surface area (Å²) in [6, 6.07) is 17.6. The number of alkyl carbamates (subject to hydrolysis) is 1. The predicted molar refractivity (Wildman–Crippen MR) is 131 cm³/mol. The standard InChI is InChI=1S/C26H32N4O4/c1-26(2,3)34-25(31)28-16-21-14-15-27-24(29-21)30(17-19-6-10-22(32-4)11-7-19)18-20-8-12-23(33-5)13-9-20/h6-15H,16-18H2,1-5H3,(H,28,31). The largest absolute Gasteiger partial charge is 0.497 e. The minimum absolute atomic E-state index is 0.239. The Morgan fingerprint density at radius 1 is 0.882 bits per heavy atom. The molecule has 1 amide bonds. The van der Waals surface area contributed by atoms with Gasteiger partial charge in [0.05, 0.1) is 26.5 Å². The summed E-state index contributed by atoms with van der Waals surface area (Å²) in [7, 11) is 3.30. The first-order valence-electron chi connectivity index (χ1n) is 11.1. The Balaban J connectivity index is 1.79. The van der Waals surface area contributed by atoms with Crippen LogP contribution in [0.3, 0.4) is 0 Å². The molecule has 0 aliphatic rings. The third-order valence-corrected chi connectivity index (χ3v) is 4.86. The number of anilines is 1. The maximum absolute atomic E-state index is 12.0. The molecule has 0 atom stereocenters. The molecule has 1 N–H and O–H groups in total. The van der Waals surface area contributed by atoms with E-state index in [-0.39, 0.29) is 6.54 Å². The van der Waals surface area contributed by atoms with Crippen molar-refractivity contribution in [3.8, 4) is 11.5 Å². The van der Waals surface area contributed by atoms with E-state index in [1.165, 1.54) is 0 Å². The summed E-state index contributed by atoms with van der Waals surface area (Å²) < 4.78 is 15.9. The zero-order valence-corrected chi connectivity index (χ0v) is 20.4. The summed E-state index contributed by atoms with van der Waals surface area (Å²) in [5, 5.41) is 2.75. The number of carbonyl (C=O) groups excluding carboxylic acids is 1. The van der Waals surface area contributed by atoms with Gasteiger partial charge < -0.3 is 24.4 Å². The van der Waals surface area contributed by atoms with Crippen LogP contribution in [0.4, 0.5) is 10.7 Å². The average Bonchev–Trinajstić information content (AvgIpc) is 2.82. The number of amides is 1. The van der Waals surface area contributed by atoms with Crippen molar-refractivity contribution in [3.05, 3.63) is 77.6 Å². The van der Waals surface area contributed by atoms with Gasteiger partial charge >= 0.3 is 6.09 Å². The Morgan fingerprint density at radius 2 is 1.41 bits per heavy atom. The van der Waals surface area contributed by atoms with Crippen molar-refractivity contribution in [1.29, 1.82) is 0 Å². The van der Waals surface area contributed by atoms with Gasteiger partial charge in [0, 0.05) is 19.3 Å². The summed E-state index contributed by atoms with van der Waals surface area (Å²) in [6.07, 6.45) is 1.21. The Bertz CT molecular complexity index is 1010. The third-order valence-electron chi connectivity index (χ3n) is 4.86. The topological polar surface area (TPSA) is 85.8 Å². The molecular weight excluding hydrogens is 432 g/mol. The quantitative estimate of drug-likeness (QED) is 0.490. The SMILES string of the molecule is COc1ccc(CN(Cc2ccc(OC)cc2)c2nccc(CNC(=O)OC(C)(C)C)n2)cc1. The van der Waals surface area contributed by atoms with Gasteiger partial charge in [-0.05, 0) is 62.2 Å². The second kappa shape index (κ2) is 11.4. The number of rotatable bonds is 9. The number of benzene rings is 2. The smallest absolute Gasteiger partial charge is 0.407 e. The number of nitrogens with zero attached hydrogens (tertiary/aromatic N) is 3. The van der Waals surface area contributed by atoms with Gasteiger partial charge in [0.2, 0.25) is 5.95 Å². The van der Waals surface area contributed by atoms with E-state index < -0.39 is 11.7 Å². The van der Waals surface area contributed by atoms with E-state index in [4.69, 9.17) is 19.2 Å². The van der Waals surface area contributed by atoms with Gasteiger partial charge in [-0.1, -0.05) is 24.3 Å². The number of methoxy groups -OCH3 is 2. The van der Waals surface area contributed by atoms with E-state index in [0.717, 1.165) is 22.6 Å². The number of carbonyl (C=O) groups is 1. The van der Waals surface area contributed by atoms with Crippen molar-refractivity contribution in [2.45, 2.75) is 46.0 Å². The molecule has 180 valence electrons. The fourth-order valence-electron chi connectivity index (χ4n) is 3.21. The highest BCUT2D eigenvalue weighted by molar-refractivity contribution is 5.67. The Labute approximate surface area is 200 Å². The second-order valence-electron chi connectivity index (χ2n) is 8.76. The molecule has 0 spiro atoms. The van der Waals surface area contributed by atoms with Crippen LogP contribution in [0.15, 0.2) is 60.8 Å². The minimum atomic E-state index is -0.561. The van der Waals surface area contributed by atoms with E-state index >= 15 is 0 Å². The molecule has 0 radical (unpaired) electrons. The van der Waals surface area contributed by atoms with Gasteiger partial charge in [-0.15, -0.1) is 0 Å². The zero-order chi connectivity index (χ0) is 24.6. The fourth-order valence-corrected chi connectivity index (χ4v) is 3.21. The van der Waals surface area contributed by atoms with Gasteiger partial charge in [0.1, 0.15) is 17.1 Å².